The molecule has 1 unspecified atom stereocenters. The Labute approximate surface area is 183 Å². The average molecular weight is 441 g/mol. The second-order valence-electron chi connectivity index (χ2n) is 7.13. The molecule has 0 aromatic heterocycles. The first-order valence-corrected chi connectivity index (χ1v) is 11.9. The highest BCUT2D eigenvalue weighted by atomic mass is 32.2. The molecule has 31 heavy (non-hydrogen) atoms. The number of hydrogen-bond acceptors (Lipinski definition) is 4. The Hall–Kier alpha value is -2.90. The SMILES string of the molecule is CCC(Oc1ccc2ccccc2c1)C(=O)Nc1ccc(S(=O)(=O)N(CC)CC)cc1. The summed E-state index contributed by atoms with van der Waals surface area (Å²) < 4.78 is 32.5. The Morgan fingerprint density at radius 1 is 0.935 bits per heavy atom. The van der Waals surface area contributed by atoms with E-state index in [0.717, 1.165) is 10.8 Å². The van der Waals surface area contributed by atoms with E-state index in [1.807, 2.05) is 49.4 Å². The van der Waals surface area contributed by atoms with Gasteiger partial charge in [0.25, 0.3) is 5.91 Å². The topological polar surface area (TPSA) is 75.7 Å². The minimum atomic E-state index is -3.53. The molecule has 0 saturated heterocycles. The number of hydrogen-bond donors (Lipinski definition) is 1. The van der Waals surface area contributed by atoms with E-state index in [2.05, 4.69) is 5.32 Å². The van der Waals surface area contributed by atoms with E-state index >= 15 is 0 Å². The van der Waals surface area contributed by atoms with Crippen LogP contribution in [0.4, 0.5) is 5.69 Å². The van der Waals surface area contributed by atoms with Crippen LogP contribution in [0.2, 0.25) is 0 Å². The number of nitrogens with one attached hydrogen (secondary N) is 1. The van der Waals surface area contributed by atoms with Crippen LogP contribution in [0, 0.1) is 0 Å². The number of benzene rings is 3. The molecule has 0 aliphatic rings. The molecule has 1 atom stereocenters. The Balaban J connectivity index is 1.70. The molecule has 0 heterocycles. The van der Waals surface area contributed by atoms with Gasteiger partial charge in [0.15, 0.2) is 6.10 Å². The van der Waals surface area contributed by atoms with Crippen molar-refractivity contribution >= 4 is 32.4 Å². The number of nitrogens with zero attached hydrogens (tertiary/aromatic N) is 1. The number of fused-ring (bicyclic) bond motifs is 1. The van der Waals surface area contributed by atoms with E-state index in [4.69, 9.17) is 4.74 Å². The molecule has 6 nitrogen and oxygen atoms in total. The first-order chi connectivity index (χ1) is 14.9. The van der Waals surface area contributed by atoms with E-state index in [9.17, 15) is 13.2 Å². The van der Waals surface area contributed by atoms with Crippen LogP contribution in [0.5, 0.6) is 5.75 Å². The highest BCUT2D eigenvalue weighted by Gasteiger charge is 2.22. The predicted octanol–water partition coefficient (Wildman–Crippen LogP) is 4.67. The summed E-state index contributed by atoms with van der Waals surface area (Å²) >= 11 is 0. The standard InChI is InChI=1S/C24H28N2O4S/c1-4-23(30-21-14-11-18-9-7-8-10-19(18)17-21)24(27)25-20-12-15-22(16-13-20)31(28,29)26(5-2)6-3/h7-17,23H,4-6H2,1-3H3,(H,25,27). The molecule has 7 heteroatoms. The lowest BCUT2D eigenvalue weighted by atomic mass is 10.1. The summed E-state index contributed by atoms with van der Waals surface area (Å²) in [5.41, 5.74) is 0.518. The van der Waals surface area contributed by atoms with E-state index in [1.165, 1.54) is 16.4 Å². The summed E-state index contributed by atoms with van der Waals surface area (Å²) in [6.45, 7) is 6.29. The third kappa shape index (κ3) is 5.24. The van der Waals surface area contributed by atoms with Crippen molar-refractivity contribution in [1.82, 2.24) is 4.31 Å². The zero-order valence-electron chi connectivity index (χ0n) is 18.0. The van der Waals surface area contributed by atoms with E-state index in [1.54, 1.807) is 26.0 Å². The van der Waals surface area contributed by atoms with Crippen LogP contribution in [-0.4, -0.2) is 37.8 Å². The van der Waals surface area contributed by atoms with E-state index in [0.29, 0.717) is 30.9 Å². The van der Waals surface area contributed by atoms with Crippen LogP contribution in [0.3, 0.4) is 0 Å². The minimum absolute atomic E-state index is 0.202. The zero-order chi connectivity index (χ0) is 22.4. The molecule has 0 fully saturated rings. The Bertz CT molecular complexity index is 1140. The van der Waals surface area contributed by atoms with Crippen molar-refractivity contribution in [2.24, 2.45) is 0 Å². The maximum Gasteiger partial charge on any atom is 0.265 e. The van der Waals surface area contributed by atoms with Crippen molar-refractivity contribution in [2.45, 2.75) is 38.2 Å². The number of ether oxygens (including phenoxy) is 1. The van der Waals surface area contributed by atoms with Crippen molar-refractivity contribution < 1.29 is 17.9 Å². The molecule has 164 valence electrons. The van der Waals surface area contributed by atoms with Crippen LogP contribution in [0.25, 0.3) is 10.8 Å². The first-order valence-electron chi connectivity index (χ1n) is 10.5. The normalized spacial score (nSPS) is 12.6. The molecule has 0 spiro atoms. The largest absolute Gasteiger partial charge is 0.481 e. The second kappa shape index (κ2) is 9.94. The van der Waals surface area contributed by atoms with Crippen LogP contribution in [0.15, 0.2) is 71.6 Å². The fraction of sp³-hybridized carbons (Fsp3) is 0.292. The lowest BCUT2D eigenvalue weighted by Gasteiger charge is -2.19. The summed E-state index contributed by atoms with van der Waals surface area (Å²) in [4.78, 5) is 12.9. The number of amides is 1. The van der Waals surface area contributed by atoms with Gasteiger partial charge in [-0.1, -0.05) is 51.1 Å². The highest BCUT2D eigenvalue weighted by Crippen LogP contribution is 2.23. The van der Waals surface area contributed by atoms with Gasteiger partial charge in [-0.2, -0.15) is 4.31 Å². The Morgan fingerprint density at radius 3 is 2.19 bits per heavy atom. The third-order valence-corrected chi connectivity index (χ3v) is 7.19. The van der Waals surface area contributed by atoms with Crippen molar-refractivity contribution in [1.29, 1.82) is 0 Å². The summed E-state index contributed by atoms with van der Waals surface area (Å²) in [7, 11) is -3.53. The summed E-state index contributed by atoms with van der Waals surface area (Å²) in [5, 5.41) is 4.96. The Kier molecular flexibility index (Phi) is 7.30. The molecule has 0 aliphatic heterocycles. The van der Waals surface area contributed by atoms with Gasteiger partial charge in [0.2, 0.25) is 10.0 Å². The molecule has 3 aromatic carbocycles. The van der Waals surface area contributed by atoms with Gasteiger partial charge in [-0.25, -0.2) is 8.42 Å². The van der Waals surface area contributed by atoms with Gasteiger partial charge in [0, 0.05) is 18.8 Å². The van der Waals surface area contributed by atoms with Crippen LogP contribution in [0.1, 0.15) is 27.2 Å². The maximum atomic E-state index is 12.7. The number of rotatable bonds is 9. The monoisotopic (exact) mass is 440 g/mol. The highest BCUT2D eigenvalue weighted by molar-refractivity contribution is 7.89. The predicted molar refractivity (Wildman–Crippen MR) is 124 cm³/mol. The van der Waals surface area contributed by atoms with E-state index in [-0.39, 0.29) is 10.8 Å². The molecular formula is C24H28N2O4S. The zero-order valence-corrected chi connectivity index (χ0v) is 18.9. The van der Waals surface area contributed by atoms with Crippen LogP contribution >= 0.6 is 0 Å². The fourth-order valence-electron chi connectivity index (χ4n) is 3.37. The molecule has 3 rings (SSSR count). The number of carbonyl (C=O) groups excluding carboxylic acids is 1. The Morgan fingerprint density at radius 2 is 1.58 bits per heavy atom. The fourth-order valence-corrected chi connectivity index (χ4v) is 4.83. The molecule has 1 N–H and O–H groups in total. The molecule has 0 radical (unpaired) electrons. The van der Waals surface area contributed by atoms with Crippen LogP contribution < -0.4 is 10.1 Å². The third-order valence-electron chi connectivity index (χ3n) is 5.13. The van der Waals surface area contributed by atoms with Crippen LogP contribution in [-0.2, 0) is 14.8 Å². The number of sulfonamides is 1. The molecule has 0 saturated carbocycles. The van der Waals surface area contributed by atoms with Gasteiger partial charge in [0.1, 0.15) is 5.75 Å². The smallest absolute Gasteiger partial charge is 0.265 e. The number of anilines is 1. The maximum absolute atomic E-state index is 12.7. The first kappa shape index (κ1) is 22.8. The quantitative estimate of drug-likeness (QED) is 0.525. The molecule has 1 amide bonds. The summed E-state index contributed by atoms with van der Waals surface area (Å²) in [5.74, 6) is 0.344. The molecular weight excluding hydrogens is 412 g/mol. The molecule has 3 aromatic rings. The van der Waals surface area contributed by atoms with Crippen molar-refractivity contribution in [3.05, 3.63) is 66.7 Å². The van der Waals surface area contributed by atoms with Gasteiger partial charge in [-0.3, -0.25) is 4.79 Å². The van der Waals surface area contributed by atoms with Crippen molar-refractivity contribution in [2.75, 3.05) is 18.4 Å². The van der Waals surface area contributed by atoms with Gasteiger partial charge < -0.3 is 10.1 Å². The summed E-state index contributed by atoms with van der Waals surface area (Å²) in [6, 6.07) is 19.9. The minimum Gasteiger partial charge on any atom is -0.481 e. The van der Waals surface area contributed by atoms with Crippen molar-refractivity contribution in [3.63, 3.8) is 0 Å². The molecule has 0 aliphatic carbocycles. The lowest BCUT2D eigenvalue weighted by molar-refractivity contribution is -0.122. The second-order valence-corrected chi connectivity index (χ2v) is 9.06. The number of carbonyl (C=O) groups is 1. The average Bonchev–Trinajstić information content (AvgIpc) is 2.78. The van der Waals surface area contributed by atoms with E-state index < -0.39 is 16.1 Å². The molecule has 0 bridgehead atoms. The van der Waals surface area contributed by atoms with Gasteiger partial charge in [0.05, 0.1) is 4.90 Å². The van der Waals surface area contributed by atoms with Gasteiger partial charge in [-0.15, -0.1) is 0 Å². The van der Waals surface area contributed by atoms with Gasteiger partial charge in [-0.05, 0) is 53.6 Å². The summed E-state index contributed by atoms with van der Waals surface area (Å²) in [6.07, 6.45) is -0.173. The van der Waals surface area contributed by atoms with Crippen molar-refractivity contribution in [3.8, 4) is 5.75 Å². The van der Waals surface area contributed by atoms with Gasteiger partial charge >= 0.3 is 0 Å². The lowest BCUT2D eigenvalue weighted by Crippen LogP contribution is -2.32.